The molecule has 2 saturated heterocycles. The number of nitrogens with zero attached hydrogens (tertiary/aromatic N) is 5. The van der Waals surface area contributed by atoms with Gasteiger partial charge in [0, 0.05) is 6.42 Å². The van der Waals surface area contributed by atoms with Crippen LogP contribution in [0.4, 0.5) is 10.7 Å². The number of urea groups is 1. The van der Waals surface area contributed by atoms with Crippen molar-refractivity contribution in [2.45, 2.75) is 49.4 Å². The zero-order chi connectivity index (χ0) is 24.3. The van der Waals surface area contributed by atoms with Gasteiger partial charge in [-0.15, -0.1) is 0 Å². The van der Waals surface area contributed by atoms with E-state index in [1.54, 1.807) is 0 Å². The predicted molar refractivity (Wildman–Crippen MR) is 107 cm³/mol. The number of carbonyl (C=O) groups excluding carboxylic acids is 1. The number of aliphatic hydroxyl groups is 5. The average Bonchev–Trinajstić information content (AvgIpc) is 3.28. The Bertz CT molecular complexity index is 929. The van der Waals surface area contributed by atoms with Crippen molar-refractivity contribution >= 4 is 17.9 Å². The summed E-state index contributed by atoms with van der Waals surface area (Å²) in [4.78, 5) is 35.0. The van der Waals surface area contributed by atoms with Crippen LogP contribution >= 0.6 is 0 Å². The maximum Gasteiger partial charge on any atom is 0.354 e. The summed E-state index contributed by atoms with van der Waals surface area (Å²) in [5, 5.41) is 48.8. The van der Waals surface area contributed by atoms with Crippen molar-refractivity contribution in [1.29, 1.82) is 0 Å². The molecule has 7 atom stereocenters. The smallest absolute Gasteiger partial charge is 0.354 e. The lowest BCUT2D eigenvalue weighted by molar-refractivity contribution is -0.0787. The minimum absolute atomic E-state index is 0.0157. The second kappa shape index (κ2) is 10.3. The number of nitrogens with one attached hydrogen (secondary N) is 1. The lowest BCUT2D eigenvalue weighted by Gasteiger charge is -2.31. The molecule has 2 amide bonds. The summed E-state index contributed by atoms with van der Waals surface area (Å²) in [7, 11) is 0. The van der Waals surface area contributed by atoms with E-state index in [9.17, 15) is 24.9 Å². The Morgan fingerprint density at radius 2 is 1.79 bits per heavy atom. The number of amides is 2. The topological polar surface area (TPSA) is 264 Å². The first-order chi connectivity index (χ1) is 15.7. The highest BCUT2D eigenvalue weighted by molar-refractivity contribution is 5.96. The van der Waals surface area contributed by atoms with Crippen molar-refractivity contribution < 1.29 is 39.8 Å². The van der Waals surface area contributed by atoms with E-state index < -0.39 is 61.3 Å². The molecule has 10 N–H and O–H groups in total. The van der Waals surface area contributed by atoms with Crippen molar-refractivity contribution in [3.05, 3.63) is 16.8 Å². The molecule has 0 unspecified atom stereocenters. The lowest BCUT2D eigenvalue weighted by atomic mass is 10.1. The van der Waals surface area contributed by atoms with Gasteiger partial charge in [0.25, 0.3) is 0 Å². The summed E-state index contributed by atoms with van der Waals surface area (Å²) in [6.07, 6.45) is -5.27. The molecule has 0 aromatic carbocycles. The first kappa shape index (κ1) is 24.7. The van der Waals surface area contributed by atoms with Gasteiger partial charge in [-0.1, -0.05) is 0 Å². The van der Waals surface area contributed by atoms with Gasteiger partial charge in [0.05, 0.1) is 19.3 Å². The maximum absolute atomic E-state index is 11.6. The summed E-state index contributed by atoms with van der Waals surface area (Å²) >= 11 is 0. The molecule has 1 aromatic heterocycles. The van der Waals surface area contributed by atoms with Crippen LogP contribution in [0.25, 0.3) is 0 Å². The molecular formula is C16H26N8O9. The Morgan fingerprint density at radius 3 is 2.33 bits per heavy atom. The average molecular weight is 474 g/mol. The molecule has 3 aliphatic rings. The fourth-order valence-electron chi connectivity index (χ4n) is 3.37. The Kier molecular flexibility index (Phi) is 7.74. The van der Waals surface area contributed by atoms with Crippen LogP contribution in [0.2, 0.25) is 0 Å². The SMILES string of the molecule is NC1=NCN([C@@H]2O[C@H](CO)[C@@H](O)[C@H]2O)C(=O)N1.Nc1ncn([C@H]2C[C@H](O)[C@@H](CO)O2)c(=O)n1. The molecule has 0 aliphatic carbocycles. The van der Waals surface area contributed by atoms with E-state index in [2.05, 4.69) is 20.3 Å². The Hall–Kier alpha value is -2.93. The van der Waals surface area contributed by atoms with Gasteiger partial charge in [-0.25, -0.2) is 19.6 Å². The quantitative estimate of drug-likeness (QED) is 0.203. The number of ether oxygens (including phenoxy) is 2. The van der Waals surface area contributed by atoms with Crippen LogP contribution in [0.3, 0.4) is 0 Å². The van der Waals surface area contributed by atoms with Gasteiger partial charge in [-0.05, 0) is 0 Å². The van der Waals surface area contributed by atoms with Crippen molar-refractivity contribution in [2.24, 2.45) is 10.7 Å². The van der Waals surface area contributed by atoms with E-state index in [0.29, 0.717) is 0 Å². The van der Waals surface area contributed by atoms with Crippen LogP contribution < -0.4 is 22.5 Å². The van der Waals surface area contributed by atoms with Gasteiger partial charge in [0.2, 0.25) is 5.95 Å². The molecule has 0 spiro atoms. The van der Waals surface area contributed by atoms with Crippen LogP contribution in [-0.4, -0.2) is 114 Å². The second-order valence-corrected chi connectivity index (χ2v) is 7.33. The molecule has 33 heavy (non-hydrogen) atoms. The summed E-state index contributed by atoms with van der Waals surface area (Å²) in [6, 6.07) is -0.577. The number of rotatable bonds is 4. The number of aliphatic hydroxyl groups excluding tert-OH is 5. The molecule has 4 heterocycles. The number of nitrogen functional groups attached to an aromatic ring is 1. The van der Waals surface area contributed by atoms with Crippen LogP contribution in [0.15, 0.2) is 16.1 Å². The fourth-order valence-corrected chi connectivity index (χ4v) is 3.37. The number of anilines is 1. The molecule has 0 radical (unpaired) electrons. The number of aliphatic imine (C=N–C) groups is 1. The van der Waals surface area contributed by atoms with E-state index >= 15 is 0 Å². The highest BCUT2D eigenvalue weighted by Crippen LogP contribution is 2.27. The highest BCUT2D eigenvalue weighted by Gasteiger charge is 2.47. The third kappa shape index (κ3) is 5.36. The number of nitrogens with two attached hydrogens (primary N) is 2. The number of guanidine groups is 1. The molecular weight excluding hydrogens is 448 g/mol. The van der Waals surface area contributed by atoms with Crippen LogP contribution in [0, 0.1) is 0 Å². The lowest BCUT2D eigenvalue weighted by Crippen LogP contribution is -2.56. The van der Waals surface area contributed by atoms with Gasteiger partial charge < -0.3 is 46.5 Å². The van der Waals surface area contributed by atoms with E-state index in [1.807, 2.05) is 0 Å². The molecule has 17 heteroatoms. The maximum atomic E-state index is 11.6. The van der Waals surface area contributed by atoms with Crippen molar-refractivity contribution in [3.8, 4) is 0 Å². The molecule has 2 fully saturated rings. The van der Waals surface area contributed by atoms with Crippen molar-refractivity contribution in [1.82, 2.24) is 24.8 Å². The van der Waals surface area contributed by atoms with E-state index in [0.717, 1.165) is 9.47 Å². The Balaban J connectivity index is 0.000000186. The van der Waals surface area contributed by atoms with Crippen molar-refractivity contribution in [2.75, 3.05) is 25.6 Å². The molecule has 184 valence electrons. The summed E-state index contributed by atoms with van der Waals surface area (Å²) < 4.78 is 11.6. The molecule has 3 aliphatic heterocycles. The van der Waals surface area contributed by atoms with Gasteiger partial charge in [-0.2, -0.15) is 4.98 Å². The van der Waals surface area contributed by atoms with E-state index in [4.69, 9.17) is 31.2 Å². The first-order valence-electron chi connectivity index (χ1n) is 9.81. The van der Waals surface area contributed by atoms with Crippen LogP contribution in [0.1, 0.15) is 12.6 Å². The molecule has 4 rings (SSSR count). The number of hydrogen-bond donors (Lipinski definition) is 8. The Morgan fingerprint density at radius 1 is 1.09 bits per heavy atom. The van der Waals surface area contributed by atoms with Gasteiger partial charge in [0.15, 0.2) is 12.2 Å². The van der Waals surface area contributed by atoms with Gasteiger partial charge >= 0.3 is 11.7 Å². The Labute approximate surface area is 185 Å². The van der Waals surface area contributed by atoms with E-state index in [-0.39, 0.29) is 31.6 Å². The minimum atomic E-state index is -1.30. The molecule has 17 nitrogen and oxygen atoms in total. The minimum Gasteiger partial charge on any atom is -0.394 e. The number of hydrogen-bond acceptors (Lipinski definition) is 14. The number of carbonyl (C=O) groups is 1. The zero-order valence-electron chi connectivity index (χ0n) is 17.2. The summed E-state index contributed by atoms with van der Waals surface area (Å²) in [5.41, 5.74) is 9.95. The molecule has 0 saturated carbocycles. The second-order valence-electron chi connectivity index (χ2n) is 7.33. The van der Waals surface area contributed by atoms with Crippen molar-refractivity contribution in [3.63, 3.8) is 0 Å². The zero-order valence-corrected chi connectivity index (χ0v) is 17.2. The largest absolute Gasteiger partial charge is 0.394 e. The highest BCUT2D eigenvalue weighted by atomic mass is 16.6. The molecule has 0 bridgehead atoms. The van der Waals surface area contributed by atoms with Gasteiger partial charge in [-0.3, -0.25) is 14.8 Å². The fraction of sp³-hybridized carbons (Fsp3) is 0.688. The monoisotopic (exact) mass is 474 g/mol. The van der Waals surface area contributed by atoms with Gasteiger partial charge in [0.1, 0.15) is 43.6 Å². The predicted octanol–water partition coefficient (Wildman–Crippen LogP) is -5.42. The van der Waals surface area contributed by atoms with Crippen LogP contribution in [-0.2, 0) is 9.47 Å². The normalized spacial score (nSPS) is 33.8. The van der Waals surface area contributed by atoms with E-state index in [1.165, 1.54) is 6.33 Å². The number of aromatic nitrogens is 3. The van der Waals surface area contributed by atoms with Crippen LogP contribution in [0.5, 0.6) is 0 Å². The molecule has 1 aromatic rings. The standard InChI is InChI=1S/C8H14N4O5.C8H12N4O4/c9-7-10-2-12(8(16)11-7)6-5(15)4(14)3(1-13)17-6;9-7-10-3-12(8(15)11-7)6-1-4(14)5(2-13)16-6/h3-6,13-15H,1-2H2,(H3,9,10,11,16);3-6,13-14H,1-2H2,(H2,9,11,15)/t3-,4-,5-,6-;4-,5+,6+/m10/s1. The third-order valence-electron chi connectivity index (χ3n) is 5.15. The summed E-state index contributed by atoms with van der Waals surface area (Å²) in [6.45, 7) is -0.831. The summed E-state index contributed by atoms with van der Waals surface area (Å²) in [5.74, 6) is -0.128. The first-order valence-corrected chi connectivity index (χ1v) is 9.81. The third-order valence-corrected chi connectivity index (χ3v) is 5.15.